The van der Waals surface area contributed by atoms with E-state index < -0.39 is 17.7 Å². The van der Waals surface area contributed by atoms with Crippen LogP contribution in [-0.4, -0.2) is 22.6 Å². The summed E-state index contributed by atoms with van der Waals surface area (Å²) in [6.45, 7) is 1.73. The van der Waals surface area contributed by atoms with Crippen molar-refractivity contribution in [1.29, 1.82) is 0 Å². The van der Waals surface area contributed by atoms with Gasteiger partial charge in [0.15, 0.2) is 5.01 Å². The number of aryl methyl sites for hydroxylation is 1. The topological polar surface area (TPSA) is 94.6 Å². The Labute approximate surface area is 123 Å². The van der Waals surface area contributed by atoms with Crippen LogP contribution < -0.4 is 5.73 Å². The van der Waals surface area contributed by atoms with Gasteiger partial charge in [-0.3, -0.25) is 4.79 Å². The van der Waals surface area contributed by atoms with Crippen LogP contribution in [0.15, 0.2) is 34.8 Å². The van der Waals surface area contributed by atoms with Crippen molar-refractivity contribution in [2.75, 3.05) is 0 Å². The SMILES string of the molecule is Cc1csc(C(=NOC(=O)c2ccccc2F)C(N)=O)n1. The second-order valence-electron chi connectivity index (χ2n) is 3.96. The van der Waals surface area contributed by atoms with E-state index >= 15 is 0 Å². The molecule has 1 aromatic heterocycles. The third-order valence-corrected chi connectivity index (χ3v) is 3.34. The van der Waals surface area contributed by atoms with Gasteiger partial charge in [-0.25, -0.2) is 14.2 Å². The van der Waals surface area contributed by atoms with Crippen LogP contribution in [0.1, 0.15) is 21.1 Å². The van der Waals surface area contributed by atoms with Crippen LogP contribution in [0.4, 0.5) is 4.39 Å². The highest BCUT2D eigenvalue weighted by Crippen LogP contribution is 2.12. The van der Waals surface area contributed by atoms with E-state index in [1.807, 2.05) is 0 Å². The Balaban J connectivity index is 2.23. The summed E-state index contributed by atoms with van der Waals surface area (Å²) in [6, 6.07) is 5.26. The fourth-order valence-corrected chi connectivity index (χ4v) is 2.20. The number of carbonyl (C=O) groups excluding carboxylic acids is 2. The Morgan fingerprint density at radius 3 is 2.67 bits per heavy atom. The Bertz CT molecular complexity index is 727. The lowest BCUT2D eigenvalue weighted by Crippen LogP contribution is -2.25. The zero-order valence-corrected chi connectivity index (χ0v) is 11.7. The minimum Gasteiger partial charge on any atom is -0.364 e. The molecule has 1 heterocycles. The van der Waals surface area contributed by atoms with Crippen molar-refractivity contribution in [3.63, 3.8) is 0 Å². The first-order valence-corrected chi connectivity index (χ1v) is 6.63. The lowest BCUT2D eigenvalue weighted by atomic mass is 10.2. The van der Waals surface area contributed by atoms with Gasteiger partial charge in [0.1, 0.15) is 5.82 Å². The smallest absolute Gasteiger partial charge is 0.364 e. The molecule has 0 saturated carbocycles. The Morgan fingerprint density at radius 1 is 1.38 bits per heavy atom. The maximum atomic E-state index is 13.4. The molecule has 8 heteroatoms. The van der Waals surface area contributed by atoms with Crippen molar-refractivity contribution < 1.29 is 18.8 Å². The number of benzene rings is 1. The first-order chi connectivity index (χ1) is 9.99. The minimum atomic E-state index is -1.03. The molecular formula is C13H10FN3O3S. The predicted molar refractivity (Wildman–Crippen MR) is 74.4 cm³/mol. The fraction of sp³-hybridized carbons (Fsp3) is 0.0769. The first kappa shape index (κ1) is 14.8. The maximum Gasteiger partial charge on any atom is 0.368 e. The maximum absolute atomic E-state index is 13.4. The summed E-state index contributed by atoms with van der Waals surface area (Å²) >= 11 is 1.13. The van der Waals surface area contributed by atoms with Gasteiger partial charge in [0.2, 0.25) is 5.71 Å². The highest BCUT2D eigenvalue weighted by Gasteiger charge is 2.18. The molecule has 0 unspecified atom stereocenters. The van der Waals surface area contributed by atoms with Crippen molar-refractivity contribution >= 4 is 28.9 Å². The molecule has 1 aromatic carbocycles. The van der Waals surface area contributed by atoms with Gasteiger partial charge in [0.25, 0.3) is 5.91 Å². The van der Waals surface area contributed by atoms with Crippen LogP contribution in [0.25, 0.3) is 0 Å². The highest BCUT2D eigenvalue weighted by atomic mass is 32.1. The number of aromatic nitrogens is 1. The van der Waals surface area contributed by atoms with Gasteiger partial charge in [0, 0.05) is 11.1 Å². The molecule has 2 rings (SSSR count). The van der Waals surface area contributed by atoms with Crippen molar-refractivity contribution in [1.82, 2.24) is 4.98 Å². The number of carbonyl (C=O) groups is 2. The molecule has 0 radical (unpaired) electrons. The number of hydrogen-bond donors (Lipinski definition) is 1. The number of amides is 1. The largest absolute Gasteiger partial charge is 0.368 e. The number of hydrogen-bond acceptors (Lipinski definition) is 6. The third kappa shape index (κ3) is 3.48. The average molecular weight is 307 g/mol. The summed E-state index contributed by atoms with van der Waals surface area (Å²) in [7, 11) is 0. The molecular weight excluding hydrogens is 297 g/mol. The summed E-state index contributed by atoms with van der Waals surface area (Å²) in [5, 5.41) is 5.31. The third-order valence-electron chi connectivity index (χ3n) is 2.37. The van der Waals surface area contributed by atoms with Crippen molar-refractivity contribution in [3.05, 3.63) is 51.7 Å². The predicted octanol–water partition coefficient (Wildman–Crippen LogP) is 1.64. The zero-order valence-electron chi connectivity index (χ0n) is 10.9. The number of thiazole rings is 1. The number of oxime groups is 1. The van der Waals surface area contributed by atoms with E-state index in [0.29, 0.717) is 5.69 Å². The number of primary amides is 1. The molecule has 0 aliphatic carbocycles. The molecule has 6 nitrogen and oxygen atoms in total. The first-order valence-electron chi connectivity index (χ1n) is 5.75. The van der Waals surface area contributed by atoms with Gasteiger partial charge in [-0.05, 0) is 19.1 Å². The van der Waals surface area contributed by atoms with Crippen molar-refractivity contribution in [2.24, 2.45) is 10.9 Å². The van der Waals surface area contributed by atoms with E-state index in [0.717, 1.165) is 17.4 Å². The molecule has 108 valence electrons. The van der Waals surface area contributed by atoms with Crippen LogP contribution in [0.2, 0.25) is 0 Å². The second kappa shape index (κ2) is 6.23. The number of nitrogens with two attached hydrogens (primary N) is 1. The van der Waals surface area contributed by atoms with Gasteiger partial charge in [-0.1, -0.05) is 17.3 Å². The van der Waals surface area contributed by atoms with E-state index in [2.05, 4.69) is 15.0 Å². The van der Waals surface area contributed by atoms with Gasteiger partial charge in [0.05, 0.1) is 5.56 Å². The summed E-state index contributed by atoms with van der Waals surface area (Å²) < 4.78 is 13.4. The molecule has 1 amide bonds. The van der Waals surface area contributed by atoms with E-state index in [9.17, 15) is 14.0 Å². The molecule has 0 bridgehead atoms. The molecule has 0 saturated heterocycles. The molecule has 0 aliphatic rings. The Hall–Kier alpha value is -2.61. The summed E-state index contributed by atoms with van der Waals surface area (Å²) in [4.78, 5) is 31.6. The quantitative estimate of drug-likeness (QED) is 0.527. The second-order valence-corrected chi connectivity index (χ2v) is 4.81. The van der Waals surface area contributed by atoms with Crippen LogP contribution in [-0.2, 0) is 9.63 Å². The van der Waals surface area contributed by atoms with Gasteiger partial charge < -0.3 is 10.6 Å². The van der Waals surface area contributed by atoms with Crippen LogP contribution in [0, 0.1) is 12.7 Å². The normalized spacial score (nSPS) is 11.2. The Kier molecular flexibility index (Phi) is 4.39. The summed E-state index contributed by atoms with van der Waals surface area (Å²) in [5.41, 5.74) is 5.25. The van der Waals surface area contributed by atoms with Gasteiger partial charge in [-0.15, -0.1) is 11.3 Å². The van der Waals surface area contributed by atoms with Gasteiger partial charge in [-0.2, -0.15) is 0 Å². The fourth-order valence-electron chi connectivity index (χ4n) is 1.42. The minimum absolute atomic E-state index is 0.223. The molecule has 0 spiro atoms. The Morgan fingerprint density at radius 2 is 2.10 bits per heavy atom. The van der Waals surface area contributed by atoms with E-state index in [4.69, 9.17) is 5.73 Å². The number of nitrogens with zero attached hydrogens (tertiary/aromatic N) is 2. The van der Waals surface area contributed by atoms with Gasteiger partial charge >= 0.3 is 5.97 Å². The standard InChI is InChI=1S/C13H10FN3O3S/c1-7-6-21-12(16-7)10(11(15)18)17-20-13(19)8-4-2-3-5-9(8)14/h2-6H,1H3,(H2,15,18). The van der Waals surface area contributed by atoms with E-state index in [1.54, 1.807) is 12.3 Å². The van der Waals surface area contributed by atoms with Crippen LogP contribution in [0.5, 0.6) is 0 Å². The monoisotopic (exact) mass is 307 g/mol. The zero-order chi connectivity index (χ0) is 15.4. The highest BCUT2D eigenvalue weighted by molar-refractivity contribution is 7.12. The molecule has 2 N–H and O–H groups in total. The molecule has 21 heavy (non-hydrogen) atoms. The molecule has 0 fully saturated rings. The lowest BCUT2D eigenvalue weighted by molar-refractivity contribution is -0.112. The molecule has 2 aromatic rings. The molecule has 0 aliphatic heterocycles. The van der Waals surface area contributed by atoms with Crippen LogP contribution >= 0.6 is 11.3 Å². The van der Waals surface area contributed by atoms with E-state index in [1.165, 1.54) is 18.2 Å². The summed E-state index contributed by atoms with van der Waals surface area (Å²) in [5.74, 6) is -2.67. The van der Waals surface area contributed by atoms with Crippen molar-refractivity contribution in [2.45, 2.75) is 6.92 Å². The lowest BCUT2D eigenvalue weighted by Gasteiger charge is -2.01. The molecule has 0 atom stereocenters. The number of rotatable bonds is 4. The number of halogens is 1. The van der Waals surface area contributed by atoms with E-state index in [-0.39, 0.29) is 16.3 Å². The van der Waals surface area contributed by atoms with Crippen LogP contribution in [0.3, 0.4) is 0 Å². The summed E-state index contributed by atoms with van der Waals surface area (Å²) in [6.07, 6.45) is 0. The van der Waals surface area contributed by atoms with Crippen molar-refractivity contribution in [3.8, 4) is 0 Å². The average Bonchev–Trinajstić information content (AvgIpc) is 2.85.